The van der Waals surface area contributed by atoms with Gasteiger partial charge in [0.05, 0.1) is 11.9 Å². The number of hydrogen-bond donors (Lipinski definition) is 1. The van der Waals surface area contributed by atoms with Crippen molar-refractivity contribution in [3.63, 3.8) is 0 Å². The molecule has 0 saturated carbocycles. The first-order valence-electron chi connectivity index (χ1n) is 7.53. The van der Waals surface area contributed by atoms with Crippen molar-refractivity contribution in [1.82, 2.24) is 9.21 Å². The summed E-state index contributed by atoms with van der Waals surface area (Å²) in [5.74, 6) is 0.608. The highest BCUT2D eigenvalue weighted by molar-refractivity contribution is 7.89. The average molecular weight is 305 g/mol. The molecule has 2 aliphatic rings. The molecule has 0 aliphatic carbocycles. The molecule has 0 spiro atoms. The van der Waals surface area contributed by atoms with Gasteiger partial charge in [-0.25, -0.2) is 8.42 Å². The molecule has 2 rings (SSSR count). The topological polar surface area (TPSA) is 75.9 Å². The van der Waals surface area contributed by atoms with Gasteiger partial charge >= 0.3 is 0 Å². The molecular weight excluding hydrogens is 278 g/mol. The number of nitrogens with two attached hydrogens (primary N) is 1. The fourth-order valence-corrected chi connectivity index (χ4v) is 4.48. The van der Waals surface area contributed by atoms with Crippen LogP contribution in [0.2, 0.25) is 0 Å². The van der Waals surface area contributed by atoms with E-state index in [-0.39, 0.29) is 11.9 Å². The highest BCUT2D eigenvalue weighted by Crippen LogP contribution is 2.17. The van der Waals surface area contributed by atoms with Crippen molar-refractivity contribution in [2.45, 2.75) is 25.9 Å². The molecule has 2 N–H and O–H groups in total. The van der Waals surface area contributed by atoms with Crippen LogP contribution in [0.5, 0.6) is 0 Å². The Hall–Kier alpha value is -0.210. The standard InChI is InChI=1S/C13H27N3O3S/c1-12(9-14)10-15-4-6-16(7-5-15)20(17,18)11-13-3-2-8-19-13/h12-13H,2-11,14H2,1H3. The Kier molecular flexibility index (Phi) is 5.80. The van der Waals surface area contributed by atoms with Gasteiger partial charge in [0.2, 0.25) is 10.0 Å². The fraction of sp³-hybridized carbons (Fsp3) is 1.00. The number of ether oxygens (including phenoxy) is 1. The third-order valence-corrected chi connectivity index (χ3v) is 6.06. The monoisotopic (exact) mass is 305 g/mol. The maximum Gasteiger partial charge on any atom is 0.216 e. The van der Waals surface area contributed by atoms with Gasteiger partial charge in [-0.15, -0.1) is 0 Å². The molecule has 2 saturated heterocycles. The lowest BCUT2D eigenvalue weighted by atomic mass is 10.1. The molecule has 0 aromatic rings. The quantitative estimate of drug-likeness (QED) is 0.730. The molecule has 6 nitrogen and oxygen atoms in total. The Balaban J connectivity index is 1.80. The second-order valence-corrected chi connectivity index (χ2v) is 7.97. The molecule has 20 heavy (non-hydrogen) atoms. The molecule has 2 atom stereocenters. The summed E-state index contributed by atoms with van der Waals surface area (Å²) in [5, 5.41) is 0. The van der Waals surface area contributed by atoms with Gasteiger partial charge in [-0.05, 0) is 25.3 Å². The van der Waals surface area contributed by atoms with Crippen LogP contribution in [0.25, 0.3) is 0 Å². The molecule has 2 fully saturated rings. The minimum Gasteiger partial charge on any atom is -0.377 e. The van der Waals surface area contributed by atoms with Crippen molar-refractivity contribution in [2.24, 2.45) is 11.7 Å². The third-order valence-electron chi connectivity index (χ3n) is 4.12. The van der Waals surface area contributed by atoms with Crippen LogP contribution in [-0.4, -0.2) is 75.4 Å². The third kappa shape index (κ3) is 4.39. The summed E-state index contributed by atoms with van der Waals surface area (Å²) in [6.45, 7) is 7.24. The largest absolute Gasteiger partial charge is 0.377 e. The summed E-state index contributed by atoms with van der Waals surface area (Å²) in [6, 6.07) is 0. The SMILES string of the molecule is CC(CN)CN1CCN(S(=O)(=O)CC2CCCO2)CC1. The van der Waals surface area contributed by atoms with Crippen LogP contribution in [0.3, 0.4) is 0 Å². The van der Waals surface area contributed by atoms with Crippen LogP contribution in [0.4, 0.5) is 0 Å². The van der Waals surface area contributed by atoms with E-state index in [0.29, 0.717) is 32.2 Å². The first-order chi connectivity index (χ1) is 9.51. The molecule has 2 unspecified atom stereocenters. The van der Waals surface area contributed by atoms with Crippen molar-refractivity contribution < 1.29 is 13.2 Å². The number of nitrogens with zero attached hydrogens (tertiary/aromatic N) is 2. The van der Waals surface area contributed by atoms with E-state index in [2.05, 4.69) is 11.8 Å². The molecule has 2 aliphatic heterocycles. The summed E-state index contributed by atoms with van der Waals surface area (Å²) in [4.78, 5) is 2.30. The van der Waals surface area contributed by atoms with Gasteiger partial charge in [0, 0.05) is 39.3 Å². The smallest absolute Gasteiger partial charge is 0.216 e. The van der Waals surface area contributed by atoms with E-state index < -0.39 is 10.0 Å². The zero-order valence-electron chi connectivity index (χ0n) is 12.3. The number of hydrogen-bond acceptors (Lipinski definition) is 5. The molecule has 7 heteroatoms. The maximum absolute atomic E-state index is 12.3. The van der Waals surface area contributed by atoms with Gasteiger partial charge in [-0.3, -0.25) is 0 Å². The predicted octanol–water partition coefficient (Wildman–Crippen LogP) is -0.292. The van der Waals surface area contributed by atoms with E-state index in [0.717, 1.165) is 32.5 Å². The lowest BCUT2D eigenvalue weighted by Gasteiger charge is -2.35. The van der Waals surface area contributed by atoms with Gasteiger partial charge in [0.25, 0.3) is 0 Å². The molecular formula is C13H27N3O3S. The van der Waals surface area contributed by atoms with Gasteiger partial charge in [0.1, 0.15) is 0 Å². The van der Waals surface area contributed by atoms with Gasteiger partial charge in [-0.1, -0.05) is 6.92 Å². The van der Waals surface area contributed by atoms with Gasteiger partial charge < -0.3 is 15.4 Å². The zero-order chi connectivity index (χ0) is 14.6. The van der Waals surface area contributed by atoms with Crippen LogP contribution in [0.1, 0.15) is 19.8 Å². The van der Waals surface area contributed by atoms with Crippen molar-refractivity contribution in [3.05, 3.63) is 0 Å². The first kappa shape index (κ1) is 16.2. The van der Waals surface area contributed by atoms with Crippen LogP contribution in [0, 0.1) is 5.92 Å². The molecule has 0 amide bonds. The summed E-state index contributed by atoms with van der Waals surface area (Å²) in [5.41, 5.74) is 5.63. The van der Waals surface area contributed by atoms with E-state index in [4.69, 9.17) is 10.5 Å². The van der Waals surface area contributed by atoms with Crippen LogP contribution < -0.4 is 5.73 Å². The Labute approximate surface area is 122 Å². The van der Waals surface area contributed by atoms with Crippen LogP contribution >= 0.6 is 0 Å². The summed E-state index contributed by atoms with van der Waals surface area (Å²) >= 11 is 0. The lowest BCUT2D eigenvalue weighted by Crippen LogP contribution is -2.51. The minimum atomic E-state index is -3.17. The Morgan fingerprint density at radius 1 is 1.30 bits per heavy atom. The first-order valence-corrected chi connectivity index (χ1v) is 9.14. The van der Waals surface area contributed by atoms with Crippen LogP contribution in [-0.2, 0) is 14.8 Å². The van der Waals surface area contributed by atoms with Gasteiger partial charge in [-0.2, -0.15) is 4.31 Å². The zero-order valence-corrected chi connectivity index (χ0v) is 13.1. The maximum atomic E-state index is 12.3. The Morgan fingerprint density at radius 2 is 2.00 bits per heavy atom. The fourth-order valence-electron chi connectivity index (χ4n) is 2.82. The average Bonchev–Trinajstić information content (AvgIpc) is 2.91. The predicted molar refractivity (Wildman–Crippen MR) is 79.0 cm³/mol. The van der Waals surface area contributed by atoms with Crippen molar-refractivity contribution in [3.8, 4) is 0 Å². The molecule has 118 valence electrons. The normalized spacial score (nSPS) is 27.8. The van der Waals surface area contributed by atoms with E-state index in [9.17, 15) is 8.42 Å². The van der Waals surface area contributed by atoms with Gasteiger partial charge in [0.15, 0.2) is 0 Å². The van der Waals surface area contributed by atoms with E-state index in [1.165, 1.54) is 0 Å². The summed E-state index contributed by atoms with van der Waals surface area (Å²) in [6.07, 6.45) is 1.74. The van der Waals surface area contributed by atoms with E-state index >= 15 is 0 Å². The number of piperazine rings is 1. The van der Waals surface area contributed by atoms with Crippen LogP contribution in [0.15, 0.2) is 0 Å². The second-order valence-electron chi connectivity index (χ2n) is 5.95. The van der Waals surface area contributed by atoms with Crippen molar-refractivity contribution in [1.29, 1.82) is 0 Å². The highest BCUT2D eigenvalue weighted by Gasteiger charge is 2.31. The number of rotatable bonds is 6. The Bertz CT molecular complexity index is 388. The molecule has 0 radical (unpaired) electrons. The van der Waals surface area contributed by atoms with Crippen molar-refractivity contribution in [2.75, 3.05) is 51.6 Å². The molecule has 0 aromatic carbocycles. The summed E-state index contributed by atoms with van der Waals surface area (Å²) in [7, 11) is -3.17. The Morgan fingerprint density at radius 3 is 2.55 bits per heavy atom. The van der Waals surface area contributed by atoms with E-state index in [1.54, 1.807) is 4.31 Å². The summed E-state index contributed by atoms with van der Waals surface area (Å²) < 4.78 is 31.7. The van der Waals surface area contributed by atoms with Crippen molar-refractivity contribution >= 4 is 10.0 Å². The minimum absolute atomic E-state index is 0.102. The lowest BCUT2D eigenvalue weighted by molar-refractivity contribution is 0.124. The van der Waals surface area contributed by atoms with E-state index in [1.807, 2.05) is 0 Å². The number of sulfonamides is 1. The highest BCUT2D eigenvalue weighted by atomic mass is 32.2. The second kappa shape index (κ2) is 7.17. The molecule has 0 bridgehead atoms. The molecule has 0 aromatic heterocycles. The molecule has 2 heterocycles.